The zero-order chi connectivity index (χ0) is 22.4. The number of benzene rings is 1. The van der Waals surface area contributed by atoms with Gasteiger partial charge in [0.15, 0.2) is 5.82 Å². The van der Waals surface area contributed by atoms with Crippen molar-refractivity contribution in [2.45, 2.75) is 19.9 Å². The van der Waals surface area contributed by atoms with Gasteiger partial charge in [-0.1, -0.05) is 0 Å². The van der Waals surface area contributed by atoms with E-state index >= 15 is 0 Å². The molecule has 1 aliphatic rings. The first-order chi connectivity index (χ1) is 15.4. The highest BCUT2D eigenvalue weighted by molar-refractivity contribution is 6.03. The Morgan fingerprint density at radius 3 is 2.78 bits per heavy atom. The number of rotatable bonds is 5. The molecule has 0 spiro atoms. The molecule has 0 atom stereocenters. The summed E-state index contributed by atoms with van der Waals surface area (Å²) in [5.74, 6) is 0.543. The van der Waals surface area contributed by atoms with Crippen LogP contribution >= 0.6 is 0 Å². The second-order valence-electron chi connectivity index (χ2n) is 7.30. The summed E-state index contributed by atoms with van der Waals surface area (Å²) < 4.78 is 31.3. The van der Waals surface area contributed by atoms with Gasteiger partial charge in [0, 0.05) is 18.9 Å². The lowest BCUT2D eigenvalue weighted by molar-refractivity contribution is -0.117. The number of carbonyl (C=O) groups excluding carboxylic acids is 1. The van der Waals surface area contributed by atoms with Gasteiger partial charge in [-0.15, -0.1) is 0 Å². The number of nitrogens with one attached hydrogen (secondary N) is 1. The molecular formula is C19H17F2N9O2. The van der Waals surface area contributed by atoms with Gasteiger partial charge in [-0.3, -0.25) is 9.48 Å². The SMILES string of the molecule is Cc1cc2nonc2cc1Nc1ncc2c(n1)N(c1cnn(CC(F)F)c1)CC(=O)N2C. The number of fused-ring (bicyclic) bond motifs is 2. The lowest BCUT2D eigenvalue weighted by atomic mass is 10.2. The Kier molecular flexibility index (Phi) is 4.64. The molecule has 0 aliphatic carbocycles. The highest BCUT2D eigenvalue weighted by Crippen LogP contribution is 2.36. The second-order valence-corrected chi connectivity index (χ2v) is 7.30. The fraction of sp³-hybridized carbons (Fsp3) is 0.263. The van der Waals surface area contributed by atoms with Crippen molar-refractivity contribution in [3.05, 3.63) is 36.3 Å². The van der Waals surface area contributed by atoms with E-state index in [1.54, 1.807) is 18.0 Å². The fourth-order valence-corrected chi connectivity index (χ4v) is 3.45. The molecule has 0 bridgehead atoms. The van der Waals surface area contributed by atoms with E-state index in [9.17, 15) is 13.6 Å². The van der Waals surface area contributed by atoms with Crippen LogP contribution in [0.3, 0.4) is 0 Å². The van der Waals surface area contributed by atoms with Crippen LogP contribution in [0.4, 0.5) is 37.6 Å². The molecule has 32 heavy (non-hydrogen) atoms. The van der Waals surface area contributed by atoms with Crippen LogP contribution in [0.25, 0.3) is 11.0 Å². The lowest BCUT2D eigenvalue weighted by Crippen LogP contribution is -2.42. The van der Waals surface area contributed by atoms with Gasteiger partial charge in [0.05, 0.1) is 18.1 Å². The number of aryl methyl sites for hydroxylation is 1. The maximum absolute atomic E-state index is 12.7. The first-order valence-corrected chi connectivity index (χ1v) is 9.60. The standard InChI is InChI=1S/C19H17F2N9O2/c1-10-3-13-14(27-32-26-13)4-12(10)24-19-22-6-15-18(25-19)30(9-17(31)28(15)2)11-5-23-29(7-11)8-16(20)21/h3-7,16H,8-9H2,1-2H3,(H,22,24,25). The van der Waals surface area contributed by atoms with Gasteiger partial charge in [0.2, 0.25) is 11.9 Å². The summed E-state index contributed by atoms with van der Waals surface area (Å²) in [6.07, 6.45) is 1.88. The Balaban J connectivity index is 1.51. The molecule has 1 aliphatic heterocycles. The molecule has 4 aromatic rings. The van der Waals surface area contributed by atoms with Gasteiger partial charge in [0.1, 0.15) is 29.8 Å². The third kappa shape index (κ3) is 3.46. The largest absolute Gasteiger partial charge is 0.324 e. The van der Waals surface area contributed by atoms with Gasteiger partial charge >= 0.3 is 0 Å². The van der Waals surface area contributed by atoms with Crippen molar-refractivity contribution in [2.24, 2.45) is 0 Å². The molecule has 164 valence electrons. The zero-order valence-electron chi connectivity index (χ0n) is 17.0. The van der Waals surface area contributed by atoms with E-state index in [1.807, 2.05) is 13.0 Å². The van der Waals surface area contributed by atoms with Crippen LogP contribution in [0.5, 0.6) is 0 Å². The predicted molar refractivity (Wildman–Crippen MR) is 111 cm³/mol. The summed E-state index contributed by atoms with van der Waals surface area (Å²) in [5, 5.41) is 14.8. The van der Waals surface area contributed by atoms with Crippen LogP contribution in [0.2, 0.25) is 0 Å². The molecule has 0 unspecified atom stereocenters. The van der Waals surface area contributed by atoms with Crippen LogP contribution in [0.1, 0.15) is 5.56 Å². The number of anilines is 5. The Morgan fingerprint density at radius 2 is 2.00 bits per heavy atom. The van der Waals surface area contributed by atoms with E-state index in [-0.39, 0.29) is 18.4 Å². The molecular weight excluding hydrogens is 424 g/mol. The minimum Gasteiger partial charge on any atom is -0.324 e. The van der Waals surface area contributed by atoms with Crippen molar-refractivity contribution in [1.82, 2.24) is 30.1 Å². The summed E-state index contributed by atoms with van der Waals surface area (Å²) in [6.45, 7) is 1.34. The first-order valence-electron chi connectivity index (χ1n) is 9.60. The summed E-state index contributed by atoms with van der Waals surface area (Å²) in [5.41, 5.74) is 3.77. The van der Waals surface area contributed by atoms with E-state index in [2.05, 4.69) is 30.7 Å². The third-order valence-corrected chi connectivity index (χ3v) is 5.14. The molecule has 1 N–H and O–H groups in total. The molecule has 0 fully saturated rings. The Labute approximate surface area is 179 Å². The van der Waals surface area contributed by atoms with Crippen molar-refractivity contribution < 1.29 is 18.2 Å². The van der Waals surface area contributed by atoms with E-state index < -0.39 is 13.0 Å². The van der Waals surface area contributed by atoms with Crippen LogP contribution < -0.4 is 15.1 Å². The number of hydrogen-bond acceptors (Lipinski definition) is 9. The molecule has 0 saturated heterocycles. The number of likely N-dealkylation sites (N-methyl/N-ethyl adjacent to an activating group) is 1. The summed E-state index contributed by atoms with van der Waals surface area (Å²) in [7, 11) is 1.63. The smallest absolute Gasteiger partial charge is 0.257 e. The number of aromatic nitrogens is 6. The highest BCUT2D eigenvalue weighted by atomic mass is 19.3. The van der Waals surface area contributed by atoms with Gasteiger partial charge < -0.3 is 15.1 Å². The number of amides is 1. The lowest BCUT2D eigenvalue weighted by Gasteiger charge is -2.33. The molecule has 5 rings (SSSR count). The molecule has 1 aromatic carbocycles. The van der Waals surface area contributed by atoms with E-state index in [4.69, 9.17) is 4.63 Å². The number of nitrogens with zero attached hydrogens (tertiary/aromatic N) is 8. The van der Waals surface area contributed by atoms with Crippen LogP contribution in [-0.2, 0) is 11.3 Å². The monoisotopic (exact) mass is 441 g/mol. The summed E-state index contributed by atoms with van der Waals surface area (Å²) >= 11 is 0. The van der Waals surface area contributed by atoms with Crippen molar-refractivity contribution >= 4 is 45.8 Å². The molecule has 4 heterocycles. The zero-order valence-corrected chi connectivity index (χ0v) is 17.0. The van der Waals surface area contributed by atoms with Crippen LogP contribution in [0.15, 0.2) is 35.4 Å². The van der Waals surface area contributed by atoms with Gasteiger partial charge in [0.25, 0.3) is 6.43 Å². The predicted octanol–water partition coefficient (Wildman–Crippen LogP) is 2.64. The van der Waals surface area contributed by atoms with Crippen LogP contribution in [-0.4, -0.2) is 56.0 Å². The maximum atomic E-state index is 12.7. The van der Waals surface area contributed by atoms with Crippen molar-refractivity contribution in [3.63, 3.8) is 0 Å². The Morgan fingerprint density at radius 1 is 1.22 bits per heavy atom. The minimum atomic E-state index is -2.54. The number of alkyl halides is 2. The van der Waals surface area contributed by atoms with Crippen molar-refractivity contribution in [1.29, 1.82) is 0 Å². The Hall–Kier alpha value is -4.16. The number of hydrogen-bond donors (Lipinski definition) is 1. The molecule has 13 heteroatoms. The average Bonchev–Trinajstić information content (AvgIpc) is 3.39. The maximum Gasteiger partial charge on any atom is 0.257 e. The second kappa shape index (κ2) is 7.51. The molecule has 11 nitrogen and oxygen atoms in total. The average molecular weight is 441 g/mol. The summed E-state index contributed by atoms with van der Waals surface area (Å²) in [4.78, 5) is 24.5. The van der Waals surface area contributed by atoms with Gasteiger partial charge in [-0.2, -0.15) is 10.1 Å². The normalized spacial score (nSPS) is 13.8. The van der Waals surface area contributed by atoms with Gasteiger partial charge in [-0.25, -0.2) is 18.4 Å². The highest BCUT2D eigenvalue weighted by Gasteiger charge is 2.31. The molecule has 1 amide bonds. The van der Waals surface area contributed by atoms with Crippen LogP contribution in [0, 0.1) is 6.92 Å². The molecule has 3 aromatic heterocycles. The first kappa shape index (κ1) is 19.8. The van der Waals surface area contributed by atoms with E-state index in [0.29, 0.717) is 33.9 Å². The third-order valence-electron chi connectivity index (χ3n) is 5.14. The minimum absolute atomic E-state index is 0.0179. The van der Waals surface area contributed by atoms with Crippen molar-refractivity contribution in [2.75, 3.05) is 28.7 Å². The quantitative estimate of drug-likeness (QED) is 0.499. The Bertz CT molecular complexity index is 1320. The fourth-order valence-electron chi connectivity index (χ4n) is 3.45. The van der Waals surface area contributed by atoms with E-state index in [1.165, 1.54) is 23.5 Å². The number of halogens is 2. The molecule has 0 saturated carbocycles. The number of carbonyl (C=O) groups is 1. The van der Waals surface area contributed by atoms with E-state index in [0.717, 1.165) is 10.2 Å². The molecule has 0 radical (unpaired) electrons. The topological polar surface area (TPSA) is 118 Å². The van der Waals surface area contributed by atoms with Gasteiger partial charge in [-0.05, 0) is 34.9 Å². The van der Waals surface area contributed by atoms with Crippen molar-refractivity contribution in [3.8, 4) is 0 Å². The summed E-state index contributed by atoms with van der Waals surface area (Å²) in [6, 6.07) is 3.59.